The second-order valence-electron chi connectivity index (χ2n) is 9.05. The standard InChI is InChI=1S/C25H34N4O4/c1-15(2)33-19-11-9-18(10-12-19)22-21(23(30)20-16(3)26-28(7)17(20)4)24(31)25(32)29(22)14-8-13-27(5)6/h9-12,15,22,30H,8,13-14H2,1-7H3/t22-/m0/s1. The van der Waals surface area contributed by atoms with E-state index in [0.29, 0.717) is 30.0 Å². The molecule has 0 saturated carbocycles. The number of ether oxygens (including phenoxy) is 1. The van der Waals surface area contributed by atoms with E-state index in [1.54, 1.807) is 23.6 Å². The molecule has 1 atom stereocenters. The molecule has 1 saturated heterocycles. The number of Topliss-reactive ketones (excluding diaryl/α,β-unsaturated/α-hetero) is 1. The summed E-state index contributed by atoms with van der Waals surface area (Å²) >= 11 is 0. The summed E-state index contributed by atoms with van der Waals surface area (Å²) in [6.07, 6.45) is 0.736. The van der Waals surface area contributed by atoms with Crippen molar-refractivity contribution in [2.24, 2.45) is 7.05 Å². The van der Waals surface area contributed by atoms with Gasteiger partial charge in [0, 0.05) is 19.3 Å². The van der Waals surface area contributed by atoms with Crippen molar-refractivity contribution in [1.82, 2.24) is 19.6 Å². The number of aryl methyl sites for hydroxylation is 2. The molecule has 0 radical (unpaired) electrons. The SMILES string of the molecule is Cc1nn(C)c(C)c1C(O)=C1C(=O)C(=O)N(CCCN(C)C)[C@H]1c1ccc(OC(C)C)cc1. The Kier molecular flexibility index (Phi) is 7.27. The third kappa shape index (κ3) is 4.95. The van der Waals surface area contributed by atoms with Crippen LogP contribution in [0.25, 0.3) is 5.76 Å². The number of hydrogen-bond acceptors (Lipinski definition) is 6. The summed E-state index contributed by atoms with van der Waals surface area (Å²) in [6, 6.07) is 6.68. The van der Waals surface area contributed by atoms with Gasteiger partial charge in [0.25, 0.3) is 11.7 Å². The third-order valence-corrected chi connectivity index (χ3v) is 5.86. The van der Waals surface area contributed by atoms with E-state index >= 15 is 0 Å². The molecule has 1 amide bonds. The fourth-order valence-corrected chi connectivity index (χ4v) is 4.27. The molecule has 1 aromatic carbocycles. The molecule has 0 aliphatic carbocycles. The van der Waals surface area contributed by atoms with Crippen LogP contribution in [0.15, 0.2) is 29.8 Å². The van der Waals surface area contributed by atoms with Crippen molar-refractivity contribution in [2.45, 2.75) is 46.3 Å². The lowest BCUT2D eigenvalue weighted by atomic mass is 9.94. The number of aliphatic hydroxyl groups excluding tert-OH is 1. The summed E-state index contributed by atoms with van der Waals surface area (Å²) in [4.78, 5) is 29.9. The summed E-state index contributed by atoms with van der Waals surface area (Å²) in [5.41, 5.74) is 2.67. The van der Waals surface area contributed by atoms with Crippen molar-refractivity contribution in [3.8, 4) is 5.75 Å². The van der Waals surface area contributed by atoms with Gasteiger partial charge in [-0.15, -0.1) is 0 Å². The molecule has 0 unspecified atom stereocenters. The number of benzene rings is 1. The number of aliphatic hydroxyl groups is 1. The van der Waals surface area contributed by atoms with Crippen molar-refractivity contribution >= 4 is 17.4 Å². The maximum atomic E-state index is 13.2. The van der Waals surface area contributed by atoms with E-state index in [1.165, 1.54) is 0 Å². The zero-order valence-corrected chi connectivity index (χ0v) is 20.5. The van der Waals surface area contributed by atoms with Gasteiger partial charge < -0.3 is 19.6 Å². The molecule has 2 heterocycles. The van der Waals surface area contributed by atoms with Gasteiger partial charge in [-0.1, -0.05) is 12.1 Å². The Labute approximate surface area is 195 Å². The molecular formula is C25H34N4O4. The Balaban J connectivity index is 2.11. The molecule has 0 bridgehead atoms. The van der Waals surface area contributed by atoms with Gasteiger partial charge >= 0.3 is 0 Å². The Morgan fingerprint density at radius 3 is 2.33 bits per heavy atom. The van der Waals surface area contributed by atoms with Gasteiger partial charge in [-0.2, -0.15) is 5.10 Å². The highest BCUT2D eigenvalue weighted by Crippen LogP contribution is 2.40. The average Bonchev–Trinajstić information content (AvgIpc) is 3.13. The summed E-state index contributed by atoms with van der Waals surface area (Å²) < 4.78 is 7.40. The predicted molar refractivity (Wildman–Crippen MR) is 127 cm³/mol. The van der Waals surface area contributed by atoms with Crippen LogP contribution >= 0.6 is 0 Å². The highest BCUT2D eigenvalue weighted by Gasteiger charge is 2.46. The van der Waals surface area contributed by atoms with Gasteiger partial charge in [0.1, 0.15) is 11.5 Å². The molecule has 1 aliphatic rings. The first-order chi connectivity index (χ1) is 15.5. The quantitative estimate of drug-likeness (QED) is 0.374. The van der Waals surface area contributed by atoms with Crippen LogP contribution in [0, 0.1) is 13.8 Å². The van der Waals surface area contributed by atoms with E-state index in [2.05, 4.69) is 5.10 Å². The van der Waals surface area contributed by atoms with Crippen LogP contribution in [0.4, 0.5) is 0 Å². The van der Waals surface area contributed by atoms with Crippen LogP contribution in [-0.4, -0.2) is 69.7 Å². The highest BCUT2D eigenvalue weighted by molar-refractivity contribution is 6.46. The van der Waals surface area contributed by atoms with E-state index in [4.69, 9.17) is 4.74 Å². The van der Waals surface area contributed by atoms with Crippen molar-refractivity contribution in [2.75, 3.05) is 27.2 Å². The van der Waals surface area contributed by atoms with Gasteiger partial charge in [0.05, 0.1) is 29.0 Å². The summed E-state index contributed by atoms with van der Waals surface area (Å²) in [5, 5.41) is 15.7. The summed E-state index contributed by atoms with van der Waals surface area (Å²) in [7, 11) is 5.71. The molecule has 3 rings (SSSR count). The molecule has 0 spiro atoms. The largest absolute Gasteiger partial charge is 0.507 e. The number of hydrogen-bond donors (Lipinski definition) is 1. The van der Waals surface area contributed by atoms with Crippen molar-refractivity contribution in [3.63, 3.8) is 0 Å². The van der Waals surface area contributed by atoms with Crippen LogP contribution in [-0.2, 0) is 16.6 Å². The van der Waals surface area contributed by atoms with Gasteiger partial charge in [-0.05, 0) is 72.5 Å². The summed E-state index contributed by atoms with van der Waals surface area (Å²) in [6.45, 7) is 8.69. The van der Waals surface area contributed by atoms with Crippen LogP contribution in [0.3, 0.4) is 0 Å². The number of carbonyl (C=O) groups is 2. The van der Waals surface area contributed by atoms with Gasteiger partial charge in [-0.25, -0.2) is 0 Å². The summed E-state index contributed by atoms with van der Waals surface area (Å²) in [5.74, 6) is -0.745. The van der Waals surface area contributed by atoms with Gasteiger partial charge in [0.15, 0.2) is 0 Å². The number of nitrogens with zero attached hydrogens (tertiary/aromatic N) is 4. The van der Waals surface area contributed by atoms with Crippen molar-refractivity contribution in [3.05, 3.63) is 52.4 Å². The lowest BCUT2D eigenvalue weighted by Gasteiger charge is -2.26. The smallest absolute Gasteiger partial charge is 0.295 e. The zero-order valence-electron chi connectivity index (χ0n) is 20.5. The fraction of sp³-hybridized carbons (Fsp3) is 0.480. The topological polar surface area (TPSA) is 87.9 Å². The van der Waals surface area contributed by atoms with Crippen LogP contribution in [0.1, 0.15) is 48.8 Å². The highest BCUT2D eigenvalue weighted by atomic mass is 16.5. The molecule has 8 heteroatoms. The predicted octanol–water partition coefficient (Wildman–Crippen LogP) is 3.20. The average molecular weight is 455 g/mol. The Bertz CT molecular complexity index is 1070. The van der Waals surface area contributed by atoms with Crippen LogP contribution < -0.4 is 4.74 Å². The van der Waals surface area contributed by atoms with E-state index in [0.717, 1.165) is 17.8 Å². The maximum absolute atomic E-state index is 13.2. The Morgan fingerprint density at radius 2 is 1.82 bits per heavy atom. The molecule has 1 aliphatic heterocycles. The number of likely N-dealkylation sites (tertiary alicyclic amines) is 1. The molecule has 1 N–H and O–H groups in total. The third-order valence-electron chi connectivity index (χ3n) is 5.86. The number of ketones is 1. The minimum atomic E-state index is -0.681. The lowest BCUT2D eigenvalue weighted by Crippen LogP contribution is -2.32. The normalized spacial score (nSPS) is 18.1. The Hall–Kier alpha value is -3.13. The van der Waals surface area contributed by atoms with E-state index in [1.807, 2.05) is 64.0 Å². The molecule has 1 fully saturated rings. The number of rotatable bonds is 8. The maximum Gasteiger partial charge on any atom is 0.295 e. The number of carbonyl (C=O) groups excluding carboxylic acids is 2. The minimum absolute atomic E-state index is 0.0315. The first-order valence-corrected chi connectivity index (χ1v) is 11.2. The molecule has 33 heavy (non-hydrogen) atoms. The van der Waals surface area contributed by atoms with Gasteiger partial charge in [-0.3, -0.25) is 14.3 Å². The first-order valence-electron chi connectivity index (χ1n) is 11.2. The number of amides is 1. The van der Waals surface area contributed by atoms with Crippen LogP contribution in [0.5, 0.6) is 5.75 Å². The lowest BCUT2D eigenvalue weighted by molar-refractivity contribution is -0.139. The molecule has 8 nitrogen and oxygen atoms in total. The van der Waals surface area contributed by atoms with Crippen molar-refractivity contribution < 1.29 is 19.4 Å². The van der Waals surface area contributed by atoms with Crippen molar-refractivity contribution in [1.29, 1.82) is 0 Å². The number of aromatic nitrogens is 2. The van der Waals surface area contributed by atoms with E-state index in [9.17, 15) is 14.7 Å². The Morgan fingerprint density at radius 1 is 1.18 bits per heavy atom. The fourth-order valence-electron chi connectivity index (χ4n) is 4.27. The minimum Gasteiger partial charge on any atom is -0.507 e. The molecule has 2 aromatic rings. The second kappa shape index (κ2) is 9.79. The van der Waals surface area contributed by atoms with E-state index in [-0.39, 0.29) is 17.4 Å². The zero-order chi connectivity index (χ0) is 24.4. The first kappa shape index (κ1) is 24.5. The van der Waals surface area contributed by atoms with E-state index < -0.39 is 17.7 Å². The molecule has 178 valence electrons. The molecular weight excluding hydrogens is 420 g/mol. The van der Waals surface area contributed by atoms with Gasteiger partial charge in [0.2, 0.25) is 0 Å². The second-order valence-corrected chi connectivity index (χ2v) is 9.05. The molecule has 1 aromatic heterocycles. The monoisotopic (exact) mass is 454 g/mol. The van der Waals surface area contributed by atoms with Crippen LogP contribution in [0.2, 0.25) is 0 Å².